The van der Waals surface area contributed by atoms with Crippen molar-refractivity contribution >= 4 is 47.1 Å². The Morgan fingerprint density at radius 1 is 0.471 bits per heavy atom. The maximum atomic E-state index is 11.2. The molecule has 0 radical (unpaired) electrons. The van der Waals surface area contributed by atoms with Crippen LogP contribution in [0, 0.1) is 40.5 Å². The van der Waals surface area contributed by atoms with Gasteiger partial charge in [-0.15, -0.1) is 0 Å². The molecule has 0 atom stereocenters. The normalized spacial score (nSPS) is 11.1. The van der Waals surface area contributed by atoms with Crippen molar-refractivity contribution in [2.75, 3.05) is 0 Å². The van der Waals surface area contributed by atoms with Crippen LogP contribution in [-0.2, 0) is 0 Å². The standard InChI is InChI=1S/C22H14N4O8/c27-23(28)19-11-9-17(21(13-19)25(31)32)7-5-15-1-2-16(4-3-15)6-8-18-10-12-20(24(29)30)14-22(18)26(33)34/h1-14H/b7-5-,8-6+. The largest absolute Gasteiger partial charge is 0.283 e. The number of nitrogens with zero attached hydrogens (tertiary/aromatic N) is 4. The van der Waals surface area contributed by atoms with Crippen LogP contribution in [0.5, 0.6) is 0 Å². The molecular formula is C22H14N4O8. The summed E-state index contributed by atoms with van der Waals surface area (Å²) in [7, 11) is 0. The van der Waals surface area contributed by atoms with Crippen LogP contribution in [0.4, 0.5) is 22.7 Å². The van der Waals surface area contributed by atoms with Gasteiger partial charge in [-0.2, -0.15) is 0 Å². The second-order valence-electron chi connectivity index (χ2n) is 6.85. The average molecular weight is 462 g/mol. The predicted octanol–water partition coefficient (Wildman–Crippen LogP) is 5.66. The first-order valence-corrected chi connectivity index (χ1v) is 9.47. The highest BCUT2D eigenvalue weighted by Crippen LogP contribution is 2.27. The number of nitro groups is 4. The lowest BCUT2D eigenvalue weighted by Gasteiger charge is -2.00. The Morgan fingerprint density at radius 2 is 0.824 bits per heavy atom. The summed E-state index contributed by atoms with van der Waals surface area (Å²) in [6.45, 7) is 0. The minimum atomic E-state index is -0.710. The van der Waals surface area contributed by atoms with Gasteiger partial charge in [-0.25, -0.2) is 0 Å². The first-order valence-electron chi connectivity index (χ1n) is 9.47. The first-order chi connectivity index (χ1) is 16.2. The summed E-state index contributed by atoms with van der Waals surface area (Å²) in [5.41, 5.74) is 0.221. The van der Waals surface area contributed by atoms with Crippen LogP contribution in [0.3, 0.4) is 0 Å². The Morgan fingerprint density at radius 3 is 1.12 bits per heavy atom. The van der Waals surface area contributed by atoms with Crippen LogP contribution in [0.15, 0.2) is 60.7 Å². The fourth-order valence-electron chi connectivity index (χ4n) is 2.98. The number of non-ortho nitro benzene ring substituents is 2. The van der Waals surface area contributed by atoms with E-state index in [9.17, 15) is 40.5 Å². The van der Waals surface area contributed by atoms with Gasteiger partial charge in [0.2, 0.25) is 0 Å². The summed E-state index contributed by atoms with van der Waals surface area (Å²) in [5.74, 6) is 0. The van der Waals surface area contributed by atoms with Crippen LogP contribution < -0.4 is 0 Å². The molecule has 0 spiro atoms. The van der Waals surface area contributed by atoms with E-state index in [1.54, 1.807) is 36.4 Å². The van der Waals surface area contributed by atoms with Crippen molar-refractivity contribution in [3.63, 3.8) is 0 Å². The minimum Gasteiger partial charge on any atom is -0.258 e. The minimum absolute atomic E-state index is 0.199. The molecule has 0 aromatic heterocycles. The molecule has 3 aromatic carbocycles. The van der Waals surface area contributed by atoms with E-state index in [1.165, 1.54) is 36.4 Å². The summed E-state index contributed by atoms with van der Waals surface area (Å²) >= 11 is 0. The molecule has 0 unspecified atom stereocenters. The highest BCUT2D eigenvalue weighted by atomic mass is 16.6. The third-order valence-corrected chi connectivity index (χ3v) is 4.69. The Labute approximate surface area is 190 Å². The third-order valence-electron chi connectivity index (χ3n) is 4.69. The first kappa shape index (κ1) is 23.4. The van der Waals surface area contributed by atoms with Gasteiger partial charge in [0.1, 0.15) is 0 Å². The summed E-state index contributed by atoms with van der Waals surface area (Å²) in [4.78, 5) is 41.3. The second kappa shape index (κ2) is 9.91. The Kier molecular flexibility index (Phi) is 6.82. The lowest BCUT2D eigenvalue weighted by Crippen LogP contribution is -1.94. The molecule has 170 valence electrons. The summed E-state index contributed by atoms with van der Waals surface area (Å²) in [5, 5.41) is 44.1. The van der Waals surface area contributed by atoms with Crippen LogP contribution >= 0.6 is 0 Å². The van der Waals surface area contributed by atoms with E-state index < -0.39 is 31.1 Å². The smallest absolute Gasteiger partial charge is 0.258 e. The van der Waals surface area contributed by atoms with Crippen LogP contribution in [-0.4, -0.2) is 19.7 Å². The van der Waals surface area contributed by atoms with Crippen molar-refractivity contribution < 1.29 is 19.7 Å². The molecule has 12 heteroatoms. The van der Waals surface area contributed by atoms with Gasteiger partial charge >= 0.3 is 0 Å². The zero-order valence-electron chi connectivity index (χ0n) is 17.1. The fraction of sp³-hybridized carbons (Fsp3) is 0. The van der Waals surface area contributed by atoms with E-state index in [0.717, 1.165) is 12.1 Å². The quantitative estimate of drug-likeness (QED) is 0.234. The molecule has 3 rings (SSSR count). The SMILES string of the molecule is O=[N+]([O-])c1ccc(/C=C\c2ccc(/C=C/c3ccc([N+](=O)[O-])cc3[N+](=O)[O-])cc2)c([N+](=O)[O-])c1. The van der Waals surface area contributed by atoms with E-state index in [1.807, 2.05) is 0 Å². The molecule has 0 saturated heterocycles. The maximum Gasteiger partial charge on any atom is 0.283 e. The molecule has 0 saturated carbocycles. The monoisotopic (exact) mass is 462 g/mol. The van der Waals surface area contributed by atoms with Gasteiger partial charge in [-0.05, 0) is 35.4 Å². The summed E-state index contributed by atoms with van der Waals surface area (Å²) in [6, 6.07) is 13.6. The lowest BCUT2D eigenvalue weighted by molar-refractivity contribution is -0.394. The second-order valence-corrected chi connectivity index (χ2v) is 6.85. The van der Waals surface area contributed by atoms with Gasteiger partial charge < -0.3 is 0 Å². The number of hydrogen-bond donors (Lipinski definition) is 0. The highest BCUT2D eigenvalue weighted by molar-refractivity contribution is 5.77. The summed E-state index contributed by atoms with van der Waals surface area (Å²) < 4.78 is 0. The Hall–Kier alpha value is -5.26. The zero-order chi connectivity index (χ0) is 24.8. The van der Waals surface area contributed by atoms with Gasteiger partial charge in [0.05, 0.1) is 43.0 Å². The van der Waals surface area contributed by atoms with E-state index in [0.29, 0.717) is 11.1 Å². The van der Waals surface area contributed by atoms with Gasteiger partial charge in [-0.1, -0.05) is 36.4 Å². The molecule has 0 aliphatic rings. The van der Waals surface area contributed by atoms with Crippen LogP contribution in [0.25, 0.3) is 24.3 Å². The molecule has 0 fully saturated rings. The molecule has 12 nitrogen and oxygen atoms in total. The van der Waals surface area contributed by atoms with Crippen molar-refractivity contribution in [1.82, 2.24) is 0 Å². The summed E-state index contributed by atoms with van der Waals surface area (Å²) in [6.07, 6.45) is 6.13. The Balaban J connectivity index is 1.80. The molecule has 0 heterocycles. The average Bonchev–Trinajstić information content (AvgIpc) is 2.81. The highest BCUT2D eigenvalue weighted by Gasteiger charge is 2.18. The van der Waals surface area contributed by atoms with Crippen LogP contribution in [0.2, 0.25) is 0 Å². The molecule has 34 heavy (non-hydrogen) atoms. The molecule has 0 amide bonds. The van der Waals surface area contributed by atoms with E-state index in [-0.39, 0.29) is 22.5 Å². The zero-order valence-corrected chi connectivity index (χ0v) is 17.1. The number of rotatable bonds is 8. The van der Waals surface area contributed by atoms with Gasteiger partial charge in [0.25, 0.3) is 22.7 Å². The Bertz CT molecular complexity index is 1260. The molecule has 3 aromatic rings. The maximum absolute atomic E-state index is 11.2. The van der Waals surface area contributed by atoms with Crippen molar-refractivity contribution in [3.05, 3.63) is 123 Å². The van der Waals surface area contributed by atoms with E-state index in [2.05, 4.69) is 0 Å². The van der Waals surface area contributed by atoms with Crippen molar-refractivity contribution in [2.45, 2.75) is 0 Å². The number of hydrogen-bond acceptors (Lipinski definition) is 8. The number of benzene rings is 3. The number of nitro benzene ring substituents is 4. The van der Waals surface area contributed by atoms with Crippen LogP contribution in [0.1, 0.15) is 22.3 Å². The third kappa shape index (κ3) is 5.50. The fourth-order valence-corrected chi connectivity index (χ4v) is 2.98. The molecule has 0 aliphatic carbocycles. The predicted molar refractivity (Wildman–Crippen MR) is 124 cm³/mol. The van der Waals surface area contributed by atoms with Gasteiger partial charge in [0.15, 0.2) is 0 Å². The molecule has 0 N–H and O–H groups in total. The van der Waals surface area contributed by atoms with Crippen molar-refractivity contribution in [3.8, 4) is 0 Å². The van der Waals surface area contributed by atoms with Crippen molar-refractivity contribution in [1.29, 1.82) is 0 Å². The topological polar surface area (TPSA) is 173 Å². The van der Waals surface area contributed by atoms with Gasteiger partial charge in [0, 0.05) is 12.1 Å². The molecular weight excluding hydrogens is 448 g/mol. The lowest BCUT2D eigenvalue weighted by atomic mass is 10.1. The van der Waals surface area contributed by atoms with Gasteiger partial charge in [-0.3, -0.25) is 40.5 Å². The molecule has 0 bridgehead atoms. The molecule has 0 aliphatic heterocycles. The van der Waals surface area contributed by atoms with E-state index in [4.69, 9.17) is 0 Å². The van der Waals surface area contributed by atoms with E-state index >= 15 is 0 Å². The van der Waals surface area contributed by atoms with Crippen molar-refractivity contribution in [2.24, 2.45) is 0 Å².